The smallest absolute Gasteiger partial charge is 0.328 e. The second-order valence-electron chi connectivity index (χ2n) is 18.7. The van der Waals surface area contributed by atoms with Gasteiger partial charge < -0.3 is 91.2 Å². The predicted octanol–water partition coefficient (Wildman–Crippen LogP) is -6.05. The zero-order valence-electron chi connectivity index (χ0n) is 43.4. The number of aliphatic hydroxyl groups excluding tert-OH is 2. The number of aromatic hydroxyl groups is 1. The number of nitrogens with one attached hydrogen (secondary N) is 7. The molecule has 21 N–H and O–H groups in total. The number of aliphatic hydroxyl groups is 2. The SMILES string of the molecule is C[C@H](NC(=O)[C@H](CC(N)=O)NC(=O)[C@H](Cc1ccc(O)cc1)NC(=O)[C@@H](NC(=O)[C@H](CCCN=C(N)N)NC(=O)[C@@H](N)CCC(N)=O)[C@@H](C)O)C(=O)N1CCC[C@H]1C(=O)N[C@@H](Cc1ccccc1)C(=O)N[C@H](C(=O)O)[C@@H](C)O. The fourth-order valence-electron chi connectivity index (χ4n) is 8.06. The summed E-state index contributed by atoms with van der Waals surface area (Å²) in [6, 6.07) is 0.0720. The maximum absolute atomic E-state index is 14.2. The Morgan fingerprint density at radius 3 is 1.72 bits per heavy atom. The molecule has 428 valence electrons. The molecule has 2 aromatic rings. The molecule has 2 aromatic carbocycles. The lowest BCUT2D eigenvalue weighted by Crippen LogP contribution is -2.62. The number of amides is 10. The average Bonchev–Trinajstić information content (AvgIpc) is 3.87. The molecule has 0 radical (unpaired) electrons. The van der Waals surface area contributed by atoms with E-state index in [1.54, 1.807) is 30.3 Å². The molecule has 0 aromatic heterocycles. The number of likely N-dealkylation sites (tertiary alicyclic amines) is 1. The van der Waals surface area contributed by atoms with Gasteiger partial charge in [0.05, 0.1) is 24.7 Å². The molecule has 0 aliphatic carbocycles. The lowest BCUT2D eigenvalue weighted by molar-refractivity contribution is -0.145. The normalized spacial score (nSPS) is 16.8. The molecule has 1 saturated heterocycles. The Balaban J connectivity index is 1.85. The molecule has 10 amide bonds. The highest BCUT2D eigenvalue weighted by atomic mass is 16.4. The lowest BCUT2D eigenvalue weighted by atomic mass is 10.0. The standard InChI is InChI=1S/C49H72N14O15/c1-24(47(76)63-20-8-12-35(63)45(74)59-33(21-27-9-5-4-6-10-27)44(73)62-39(26(3)65)48(77)78)56-42(71)34(23-37(52)68)58-43(72)32(22-28-13-15-29(66)16-14-28)60-46(75)38(25(2)64)61-41(70)31(11-7-19-55-49(53)54)57-40(69)30(50)17-18-36(51)67/h4-6,9-10,13-16,24-26,30-35,38-39,64-66H,7-8,11-12,17-23,50H2,1-3H3,(H2,51,67)(H2,52,68)(H,56,71)(H,57,69)(H,58,72)(H,59,74)(H,60,75)(H,61,70)(H,62,73)(H,77,78)(H4,53,54,55)/t24-,25+,26+,30-,31-,32-,33-,34-,35-,38-,39-/m0/s1. The van der Waals surface area contributed by atoms with Crippen LogP contribution in [0.1, 0.15) is 76.8 Å². The molecule has 0 saturated carbocycles. The van der Waals surface area contributed by atoms with Gasteiger partial charge in [0.15, 0.2) is 12.0 Å². The maximum atomic E-state index is 14.2. The minimum Gasteiger partial charge on any atom is -0.508 e. The van der Waals surface area contributed by atoms with Gasteiger partial charge >= 0.3 is 5.97 Å². The Bertz CT molecular complexity index is 2480. The third-order valence-electron chi connectivity index (χ3n) is 12.3. The predicted molar refractivity (Wildman–Crippen MR) is 277 cm³/mol. The third kappa shape index (κ3) is 20.9. The van der Waals surface area contributed by atoms with Crippen LogP contribution >= 0.6 is 0 Å². The molecular formula is C49H72N14O15. The summed E-state index contributed by atoms with van der Waals surface area (Å²) in [6.45, 7) is 3.60. The van der Waals surface area contributed by atoms with Crippen LogP contribution in [0.3, 0.4) is 0 Å². The van der Waals surface area contributed by atoms with Crippen molar-refractivity contribution in [1.29, 1.82) is 0 Å². The number of carbonyl (C=O) groups is 11. The summed E-state index contributed by atoms with van der Waals surface area (Å²) in [5.74, 6) is -11.5. The van der Waals surface area contributed by atoms with Gasteiger partial charge in [0.25, 0.3) is 0 Å². The zero-order valence-corrected chi connectivity index (χ0v) is 43.4. The Kier molecular flexibility index (Phi) is 25.3. The second-order valence-corrected chi connectivity index (χ2v) is 18.7. The quantitative estimate of drug-likeness (QED) is 0.0190. The van der Waals surface area contributed by atoms with Crippen molar-refractivity contribution in [2.75, 3.05) is 13.1 Å². The number of carboxylic acid groups (broad SMARTS) is 1. The van der Waals surface area contributed by atoms with Crippen molar-refractivity contribution in [3.63, 3.8) is 0 Å². The summed E-state index contributed by atoms with van der Waals surface area (Å²) in [6.07, 6.45) is -4.49. The van der Waals surface area contributed by atoms with Crippen LogP contribution in [0.15, 0.2) is 59.6 Å². The van der Waals surface area contributed by atoms with E-state index < -0.39 is 138 Å². The maximum Gasteiger partial charge on any atom is 0.328 e. The van der Waals surface area contributed by atoms with Crippen molar-refractivity contribution in [1.82, 2.24) is 42.1 Å². The van der Waals surface area contributed by atoms with Crippen LogP contribution in [0, 0.1) is 0 Å². The van der Waals surface area contributed by atoms with E-state index in [0.717, 1.165) is 18.7 Å². The molecule has 0 bridgehead atoms. The summed E-state index contributed by atoms with van der Waals surface area (Å²) in [5.41, 5.74) is 28.3. The van der Waals surface area contributed by atoms with Crippen LogP contribution in [0.5, 0.6) is 5.75 Å². The van der Waals surface area contributed by atoms with Gasteiger partial charge in [-0.2, -0.15) is 0 Å². The Morgan fingerprint density at radius 1 is 0.628 bits per heavy atom. The number of nitrogens with two attached hydrogens (primary N) is 5. The van der Waals surface area contributed by atoms with E-state index in [1.165, 1.54) is 31.2 Å². The van der Waals surface area contributed by atoms with Crippen molar-refractivity contribution in [2.24, 2.45) is 33.7 Å². The van der Waals surface area contributed by atoms with E-state index in [9.17, 15) is 73.2 Å². The van der Waals surface area contributed by atoms with Gasteiger partial charge in [-0.25, -0.2) is 4.79 Å². The van der Waals surface area contributed by atoms with Crippen LogP contribution < -0.4 is 65.9 Å². The van der Waals surface area contributed by atoms with Gasteiger partial charge in [0.2, 0.25) is 59.1 Å². The second kappa shape index (κ2) is 30.9. The minimum absolute atomic E-state index is 0.0117. The molecule has 3 rings (SSSR count). The van der Waals surface area contributed by atoms with Gasteiger partial charge in [0.1, 0.15) is 48.0 Å². The largest absolute Gasteiger partial charge is 0.508 e. The lowest BCUT2D eigenvalue weighted by Gasteiger charge is -2.30. The number of hydrogen-bond acceptors (Lipinski definition) is 16. The van der Waals surface area contributed by atoms with Crippen molar-refractivity contribution >= 4 is 71.0 Å². The Morgan fingerprint density at radius 2 is 1.15 bits per heavy atom. The highest BCUT2D eigenvalue weighted by molar-refractivity contribution is 5.99. The number of aliphatic carboxylic acids is 1. The fourth-order valence-corrected chi connectivity index (χ4v) is 8.06. The number of aliphatic imine (C=N–C) groups is 1. The first-order chi connectivity index (χ1) is 36.7. The van der Waals surface area contributed by atoms with Gasteiger partial charge in [-0.3, -0.25) is 52.9 Å². The molecule has 78 heavy (non-hydrogen) atoms. The number of guanidine groups is 1. The fraction of sp³-hybridized carbons (Fsp3) is 0.510. The minimum atomic E-state index is -1.83. The number of carboxylic acids is 1. The number of rotatable bonds is 31. The molecule has 0 spiro atoms. The first-order valence-corrected chi connectivity index (χ1v) is 24.9. The van der Waals surface area contributed by atoms with Crippen molar-refractivity contribution in [3.8, 4) is 5.75 Å². The molecule has 29 nitrogen and oxygen atoms in total. The number of hydrogen-bond donors (Lipinski definition) is 16. The number of phenols is 1. The van der Waals surface area contributed by atoms with Crippen LogP contribution in [-0.4, -0.2) is 176 Å². The number of carbonyl (C=O) groups excluding carboxylic acids is 10. The monoisotopic (exact) mass is 1100 g/mol. The van der Waals surface area contributed by atoms with Crippen LogP contribution in [0.2, 0.25) is 0 Å². The Hall–Kier alpha value is -8.44. The molecule has 29 heteroatoms. The van der Waals surface area contributed by atoms with E-state index in [2.05, 4.69) is 42.2 Å². The highest BCUT2D eigenvalue weighted by Gasteiger charge is 2.40. The van der Waals surface area contributed by atoms with E-state index in [-0.39, 0.29) is 69.7 Å². The first kappa shape index (κ1) is 63.8. The van der Waals surface area contributed by atoms with Crippen molar-refractivity contribution < 1.29 is 73.2 Å². The van der Waals surface area contributed by atoms with Crippen molar-refractivity contribution in [2.45, 2.75) is 145 Å². The molecule has 1 heterocycles. The highest BCUT2D eigenvalue weighted by Crippen LogP contribution is 2.20. The molecule has 1 aliphatic rings. The molecule has 0 unspecified atom stereocenters. The molecule has 1 fully saturated rings. The van der Waals surface area contributed by atoms with E-state index in [1.807, 2.05) is 0 Å². The van der Waals surface area contributed by atoms with Crippen LogP contribution in [0.4, 0.5) is 0 Å². The summed E-state index contributed by atoms with van der Waals surface area (Å²) >= 11 is 0. The summed E-state index contributed by atoms with van der Waals surface area (Å²) in [4.78, 5) is 151. The van der Waals surface area contributed by atoms with Gasteiger partial charge in [-0.1, -0.05) is 42.5 Å². The summed E-state index contributed by atoms with van der Waals surface area (Å²) in [7, 11) is 0. The number of phenolic OH excluding ortho intramolecular Hbond substituents is 1. The average molecular weight is 1100 g/mol. The van der Waals surface area contributed by atoms with Crippen LogP contribution in [-0.2, 0) is 65.6 Å². The van der Waals surface area contributed by atoms with Gasteiger partial charge in [0, 0.05) is 32.4 Å². The van der Waals surface area contributed by atoms with Crippen LogP contribution in [0.25, 0.3) is 0 Å². The molecule has 11 atom stereocenters. The van der Waals surface area contributed by atoms with Gasteiger partial charge in [-0.15, -0.1) is 0 Å². The summed E-state index contributed by atoms with van der Waals surface area (Å²) in [5, 5.41) is 57.1. The number of nitrogens with zero attached hydrogens (tertiary/aromatic N) is 2. The van der Waals surface area contributed by atoms with Crippen molar-refractivity contribution in [3.05, 3.63) is 65.7 Å². The molecular weight excluding hydrogens is 1020 g/mol. The number of primary amides is 2. The Labute approximate surface area is 448 Å². The topological polar surface area (TPSA) is 499 Å². The van der Waals surface area contributed by atoms with E-state index in [0.29, 0.717) is 17.5 Å². The zero-order chi connectivity index (χ0) is 58.4. The molecule has 1 aliphatic heterocycles. The third-order valence-corrected chi connectivity index (χ3v) is 12.3. The first-order valence-electron chi connectivity index (χ1n) is 24.9. The number of benzene rings is 2. The van der Waals surface area contributed by atoms with E-state index >= 15 is 0 Å². The summed E-state index contributed by atoms with van der Waals surface area (Å²) < 4.78 is 0. The van der Waals surface area contributed by atoms with Gasteiger partial charge in [-0.05, 0) is 76.1 Å². The van der Waals surface area contributed by atoms with E-state index in [4.69, 9.17) is 28.7 Å².